The van der Waals surface area contributed by atoms with Gasteiger partial charge in [0.25, 0.3) is 11.8 Å². The lowest BCUT2D eigenvalue weighted by atomic mass is 10.0. The minimum absolute atomic E-state index is 0. The first-order chi connectivity index (χ1) is 31.4. The zero-order valence-corrected chi connectivity index (χ0v) is 35.6. The highest BCUT2D eigenvalue weighted by molar-refractivity contribution is 6.07. The van der Waals surface area contributed by atoms with Gasteiger partial charge in [-0.15, -0.1) is 12.8 Å². The molecule has 0 radical (unpaired) electrons. The number of nitrogens with two attached hydrogens (primary N) is 1. The molecule has 66 heavy (non-hydrogen) atoms. The molecule has 2 atom stereocenters. The van der Waals surface area contributed by atoms with Crippen molar-refractivity contribution in [2.45, 2.75) is 58.3 Å². The van der Waals surface area contributed by atoms with E-state index in [-0.39, 0.29) is 102 Å². The number of fused-ring (bicyclic) bond motifs is 2. The molecule has 0 spiro atoms. The van der Waals surface area contributed by atoms with Crippen LogP contribution in [-0.2, 0) is 70.3 Å². The van der Waals surface area contributed by atoms with E-state index in [0.717, 1.165) is 5.56 Å². The molecule has 2 fully saturated rings. The minimum atomic E-state index is -0.984. The highest BCUT2D eigenvalue weighted by Crippen LogP contribution is 2.33. The number of carboxylic acid groups (broad SMARTS) is 1. The molecule has 2 saturated heterocycles. The fraction of sp³-hybridized carbons (Fsp3) is 0.467. The summed E-state index contributed by atoms with van der Waals surface area (Å²) in [5, 5.41) is 15.5. The number of nitrogens with one attached hydrogen (secondary N) is 3. The Balaban J connectivity index is 0.000000288. The minimum Gasteiger partial charge on any atom is -0.480 e. The molecular weight excluding hydrogens is 865 g/mol. The van der Waals surface area contributed by atoms with Crippen molar-refractivity contribution in [3.63, 3.8) is 0 Å². The molecule has 2 aromatic carbocycles. The van der Waals surface area contributed by atoms with Gasteiger partial charge < -0.3 is 54.4 Å². The Labute approximate surface area is 382 Å². The van der Waals surface area contributed by atoms with Gasteiger partial charge in [-0.3, -0.25) is 44.2 Å². The van der Waals surface area contributed by atoms with Gasteiger partial charge >= 0.3 is 5.97 Å². The van der Waals surface area contributed by atoms with Crippen LogP contribution in [0.5, 0.6) is 0 Å². The number of benzene rings is 2. The molecule has 6 rings (SSSR count). The van der Waals surface area contributed by atoms with Gasteiger partial charge in [0.05, 0.1) is 52.9 Å². The molecular formula is C45H56N6O15. The number of terminal acetylenes is 2. The number of imide groups is 2. The second kappa shape index (κ2) is 28.2. The third-order valence-corrected chi connectivity index (χ3v) is 9.79. The number of nitrogens with zero attached hydrogens (tertiary/aromatic N) is 2. The van der Waals surface area contributed by atoms with Gasteiger partial charge in [0.2, 0.25) is 29.5 Å². The van der Waals surface area contributed by atoms with Crippen molar-refractivity contribution < 1.29 is 71.9 Å². The van der Waals surface area contributed by atoms with Gasteiger partial charge in [-0.1, -0.05) is 31.4 Å². The van der Waals surface area contributed by atoms with Gasteiger partial charge in [0, 0.05) is 59.6 Å². The van der Waals surface area contributed by atoms with E-state index in [9.17, 15) is 38.4 Å². The molecule has 4 aliphatic heterocycles. The SMILES string of the molecule is C.C#CCOCCOCCOCC(=O)Nc1cccc2c1CN(C1CCC(=O)NC1=O)C2=O.C#CCOCCOCCOCC(=O)O.Nc1cccc2c1CN(C1CCC(=O)NC1=O)C2=O. The fourth-order valence-electron chi connectivity index (χ4n) is 6.76. The number of hydrogen-bond donors (Lipinski definition) is 5. The molecule has 21 nitrogen and oxygen atoms in total. The van der Waals surface area contributed by atoms with Crippen molar-refractivity contribution >= 4 is 58.7 Å². The Morgan fingerprint density at radius 3 is 1.58 bits per heavy atom. The Hall–Kier alpha value is -6.72. The number of aliphatic carboxylic acids is 1. The summed E-state index contributed by atoms with van der Waals surface area (Å²) in [5.41, 5.74) is 9.25. The lowest BCUT2D eigenvalue weighted by Gasteiger charge is -2.29. The Bertz CT molecular complexity index is 2130. The van der Waals surface area contributed by atoms with E-state index >= 15 is 0 Å². The molecule has 356 valence electrons. The number of hydrogen-bond acceptors (Lipinski definition) is 15. The van der Waals surface area contributed by atoms with Crippen molar-refractivity contribution in [1.29, 1.82) is 0 Å². The molecule has 2 unspecified atom stereocenters. The Morgan fingerprint density at radius 2 is 1.11 bits per heavy atom. The summed E-state index contributed by atoms with van der Waals surface area (Å²) in [6.45, 7) is 3.33. The van der Waals surface area contributed by atoms with E-state index in [1.54, 1.807) is 36.4 Å². The van der Waals surface area contributed by atoms with Crippen molar-refractivity contribution in [1.82, 2.24) is 20.4 Å². The molecule has 2 aromatic rings. The van der Waals surface area contributed by atoms with Crippen molar-refractivity contribution in [3.05, 3.63) is 58.7 Å². The van der Waals surface area contributed by atoms with E-state index in [1.807, 2.05) is 0 Å². The first-order valence-electron chi connectivity index (χ1n) is 20.5. The first kappa shape index (κ1) is 53.6. The molecule has 0 aliphatic carbocycles. The lowest BCUT2D eigenvalue weighted by molar-refractivity contribution is -0.143. The van der Waals surface area contributed by atoms with Crippen LogP contribution >= 0.6 is 0 Å². The summed E-state index contributed by atoms with van der Waals surface area (Å²) in [6, 6.07) is 8.88. The van der Waals surface area contributed by atoms with Gasteiger partial charge in [-0.05, 0) is 37.1 Å². The van der Waals surface area contributed by atoms with Crippen LogP contribution in [0.3, 0.4) is 0 Å². The zero-order chi connectivity index (χ0) is 47.1. The average Bonchev–Trinajstić information content (AvgIpc) is 3.79. The third-order valence-electron chi connectivity index (χ3n) is 9.79. The molecule has 0 bridgehead atoms. The second-order valence-corrected chi connectivity index (χ2v) is 14.3. The molecule has 6 N–H and O–H groups in total. The third kappa shape index (κ3) is 16.4. The van der Waals surface area contributed by atoms with Gasteiger partial charge in [0.1, 0.15) is 38.5 Å². The zero-order valence-electron chi connectivity index (χ0n) is 35.6. The number of carboxylic acids is 1. The van der Waals surface area contributed by atoms with Crippen molar-refractivity contribution in [3.8, 4) is 24.7 Å². The maximum absolute atomic E-state index is 12.8. The number of carbonyl (C=O) groups excluding carboxylic acids is 7. The normalized spacial score (nSPS) is 17.1. The number of carbonyl (C=O) groups is 8. The predicted octanol–water partition coefficient (Wildman–Crippen LogP) is 0.489. The number of anilines is 2. The van der Waals surface area contributed by atoms with Crippen LogP contribution in [0.2, 0.25) is 0 Å². The summed E-state index contributed by atoms with van der Waals surface area (Å²) in [4.78, 5) is 96.8. The topological polar surface area (TPSA) is 281 Å². The largest absolute Gasteiger partial charge is 0.480 e. The number of ether oxygens (including phenoxy) is 6. The highest BCUT2D eigenvalue weighted by Gasteiger charge is 2.41. The first-order valence-corrected chi connectivity index (χ1v) is 20.5. The number of amides is 7. The molecule has 4 aliphatic rings. The number of nitrogen functional groups attached to an aromatic ring is 1. The summed E-state index contributed by atoms with van der Waals surface area (Å²) in [6.07, 6.45) is 11.1. The quantitative estimate of drug-likeness (QED) is 0.0493. The summed E-state index contributed by atoms with van der Waals surface area (Å²) < 4.78 is 30.4. The van der Waals surface area contributed by atoms with E-state index in [1.165, 1.54) is 9.80 Å². The second-order valence-electron chi connectivity index (χ2n) is 14.3. The maximum atomic E-state index is 12.8. The lowest BCUT2D eigenvalue weighted by Crippen LogP contribution is -2.52. The standard InChI is InChI=1S/C22H25N3O7.C13H13N3O3.C9H14O5.CH4/c1-2-8-30-9-10-31-11-12-32-14-20(27)23-17-5-3-4-15-16(17)13-25(22(15)29)18-6-7-19(26)24-21(18)28;14-9-3-1-2-7-8(9)6-16(13(7)19)10-4-5-11(17)15-12(10)18;1-2-3-12-4-5-13-6-7-14-8-9(10)11;/h1,3-5,18H,6-14H2,(H,23,27)(H,24,26,28);1-3,10H,4-6,14H2,(H,15,17,18);1H,3-8H2,(H,10,11);1H4. The predicted molar refractivity (Wildman–Crippen MR) is 235 cm³/mol. The Morgan fingerprint density at radius 1 is 0.667 bits per heavy atom. The molecule has 4 heterocycles. The van der Waals surface area contributed by atoms with Crippen LogP contribution in [0.1, 0.15) is 65.0 Å². The molecule has 0 saturated carbocycles. The Kier molecular flexibility index (Phi) is 22.9. The summed E-state index contributed by atoms with van der Waals surface area (Å²) >= 11 is 0. The van der Waals surface area contributed by atoms with Crippen LogP contribution in [-0.4, -0.2) is 154 Å². The van der Waals surface area contributed by atoms with E-state index in [0.29, 0.717) is 80.7 Å². The van der Waals surface area contributed by atoms with Gasteiger partial charge in [-0.25, -0.2) is 4.79 Å². The monoisotopic (exact) mass is 920 g/mol. The average molecular weight is 921 g/mol. The molecule has 7 amide bonds. The number of rotatable bonds is 21. The smallest absolute Gasteiger partial charge is 0.329 e. The van der Waals surface area contributed by atoms with Crippen LogP contribution in [0.25, 0.3) is 0 Å². The van der Waals surface area contributed by atoms with Crippen LogP contribution in [0.4, 0.5) is 11.4 Å². The fourth-order valence-corrected chi connectivity index (χ4v) is 6.76. The maximum Gasteiger partial charge on any atom is 0.329 e. The summed E-state index contributed by atoms with van der Waals surface area (Å²) in [7, 11) is 0. The summed E-state index contributed by atoms with van der Waals surface area (Å²) in [5.74, 6) is 1.31. The highest BCUT2D eigenvalue weighted by atomic mass is 16.6. The molecule has 0 aromatic heterocycles. The van der Waals surface area contributed by atoms with Crippen LogP contribution < -0.4 is 21.7 Å². The van der Waals surface area contributed by atoms with Gasteiger partial charge in [0.15, 0.2) is 0 Å². The molecule has 21 heteroatoms. The van der Waals surface area contributed by atoms with E-state index in [4.69, 9.17) is 52.1 Å². The van der Waals surface area contributed by atoms with Crippen LogP contribution in [0.15, 0.2) is 36.4 Å². The van der Waals surface area contributed by atoms with Crippen molar-refractivity contribution in [2.24, 2.45) is 0 Å². The number of piperidine rings is 2. The van der Waals surface area contributed by atoms with Gasteiger partial charge in [-0.2, -0.15) is 0 Å². The van der Waals surface area contributed by atoms with Crippen LogP contribution in [0, 0.1) is 24.7 Å². The van der Waals surface area contributed by atoms with Crippen molar-refractivity contribution in [2.75, 3.05) is 90.3 Å². The van der Waals surface area contributed by atoms with E-state index in [2.05, 4.69) is 27.8 Å². The van der Waals surface area contributed by atoms with E-state index < -0.39 is 29.9 Å².